The first-order valence-corrected chi connectivity index (χ1v) is 25.2. The lowest BCUT2D eigenvalue weighted by Gasteiger charge is -2.72. The molecule has 5 fully saturated rings. The topological polar surface area (TPSA) is 158 Å². The van der Waals surface area contributed by atoms with Gasteiger partial charge < -0.3 is 47.7 Å². The molecule has 0 radical (unpaired) electrons. The van der Waals surface area contributed by atoms with E-state index < -0.39 is 100 Å². The molecule has 3 aromatic rings. The molecule has 0 aromatic heterocycles. The first-order valence-electron chi connectivity index (χ1n) is 25.2. The summed E-state index contributed by atoms with van der Waals surface area (Å²) in [7, 11) is 3.20. The van der Waals surface area contributed by atoms with Gasteiger partial charge in [-0.15, -0.1) is 0 Å². The van der Waals surface area contributed by atoms with Gasteiger partial charge in [-0.3, -0.25) is 4.90 Å². The predicted octanol–water partition coefficient (Wildman–Crippen LogP) is 9.93. The third kappa shape index (κ3) is 8.52. The third-order valence-electron chi connectivity index (χ3n) is 16.9. The second kappa shape index (κ2) is 18.5. The zero-order valence-electron chi connectivity index (χ0n) is 43.6. The number of aliphatic hydroxyl groups is 1. The highest BCUT2D eigenvalue weighted by atomic mass is 16.7. The fourth-order valence-corrected chi connectivity index (χ4v) is 13.5. The molecule has 3 saturated heterocycles. The number of methoxy groups -OCH3 is 2. The molecule has 71 heavy (non-hydrogen) atoms. The molecule has 3 heterocycles. The van der Waals surface area contributed by atoms with E-state index in [-0.39, 0.29) is 24.4 Å². The summed E-state index contributed by atoms with van der Waals surface area (Å²) in [5.41, 5.74) is -1.86. The summed E-state index contributed by atoms with van der Waals surface area (Å²) in [4.78, 5) is 45.8. The molecule has 14 heteroatoms. The van der Waals surface area contributed by atoms with E-state index in [4.69, 9.17) is 42.6 Å². The minimum Gasteiger partial charge on any atom is -0.497 e. The SMILES string of the molecule is COc1ccc(C2O[C@H]3C[C@H]4OC[C@@]4(C)[C@H]4[C@H](OC(=O)c5ccccc5)[C@]5(O)C[C@H](OC(=O)[C@@H]6OC(c7ccc(OC)cc7)N(C(=O)OC(C)(C)C)[C@H]6CC(C)C)C(C)=C([C@H](C)[C@H](O2)[C@]34C)C5(C)C)cc1. The molecule has 2 bridgehead atoms. The molecule has 1 amide bonds. The van der Waals surface area contributed by atoms with Crippen molar-refractivity contribution in [3.8, 4) is 11.5 Å². The van der Waals surface area contributed by atoms with Gasteiger partial charge in [0, 0.05) is 52.0 Å². The second-order valence-corrected chi connectivity index (χ2v) is 23.2. The van der Waals surface area contributed by atoms with Gasteiger partial charge in [0.15, 0.2) is 18.6 Å². The molecule has 384 valence electrons. The maximum atomic E-state index is 15.3. The van der Waals surface area contributed by atoms with Crippen molar-refractivity contribution in [1.29, 1.82) is 0 Å². The van der Waals surface area contributed by atoms with Crippen LogP contribution in [0.25, 0.3) is 0 Å². The van der Waals surface area contributed by atoms with Crippen LogP contribution in [0, 0.1) is 34.0 Å². The van der Waals surface area contributed by atoms with E-state index in [0.29, 0.717) is 42.1 Å². The Morgan fingerprint density at radius 1 is 0.831 bits per heavy atom. The van der Waals surface area contributed by atoms with Crippen molar-refractivity contribution in [2.45, 2.75) is 162 Å². The first kappa shape index (κ1) is 50.9. The van der Waals surface area contributed by atoms with E-state index >= 15 is 4.79 Å². The minimum absolute atomic E-state index is 0.0292. The van der Waals surface area contributed by atoms with E-state index in [9.17, 15) is 14.7 Å². The number of benzene rings is 3. The van der Waals surface area contributed by atoms with E-state index in [2.05, 4.69) is 20.8 Å². The Kier molecular flexibility index (Phi) is 13.3. The van der Waals surface area contributed by atoms with Crippen LogP contribution in [0.1, 0.15) is 129 Å². The number of ether oxygens (including phenoxy) is 9. The van der Waals surface area contributed by atoms with Crippen molar-refractivity contribution in [2.75, 3.05) is 20.8 Å². The molecule has 2 saturated carbocycles. The third-order valence-corrected chi connectivity index (χ3v) is 16.9. The van der Waals surface area contributed by atoms with Gasteiger partial charge in [0.1, 0.15) is 34.9 Å². The minimum atomic E-state index is -1.84. The normalized spacial score (nSPS) is 36.0. The van der Waals surface area contributed by atoms with Crippen molar-refractivity contribution >= 4 is 18.0 Å². The summed E-state index contributed by atoms with van der Waals surface area (Å²) < 4.78 is 58.2. The van der Waals surface area contributed by atoms with Crippen LogP contribution in [-0.4, -0.2) is 103 Å². The summed E-state index contributed by atoms with van der Waals surface area (Å²) >= 11 is 0. The van der Waals surface area contributed by atoms with Crippen LogP contribution in [0.5, 0.6) is 11.5 Å². The van der Waals surface area contributed by atoms with Gasteiger partial charge in [0.05, 0.1) is 50.7 Å². The van der Waals surface area contributed by atoms with Gasteiger partial charge in [-0.25, -0.2) is 14.4 Å². The van der Waals surface area contributed by atoms with E-state index in [1.165, 1.54) is 4.90 Å². The lowest BCUT2D eigenvalue weighted by atomic mass is 9.41. The molecule has 14 atom stereocenters. The van der Waals surface area contributed by atoms with Crippen LogP contribution in [0.2, 0.25) is 0 Å². The molecule has 14 nitrogen and oxygen atoms in total. The van der Waals surface area contributed by atoms with Crippen LogP contribution in [0.15, 0.2) is 90.0 Å². The highest BCUT2D eigenvalue weighted by Gasteiger charge is 2.76. The van der Waals surface area contributed by atoms with Crippen LogP contribution in [0.4, 0.5) is 4.79 Å². The molecule has 2 unspecified atom stereocenters. The molecule has 3 aromatic carbocycles. The average molecular weight is 980 g/mol. The second-order valence-electron chi connectivity index (χ2n) is 23.2. The number of fused-ring (bicyclic) bond motifs is 4. The summed E-state index contributed by atoms with van der Waals surface area (Å²) in [5, 5.41) is 14.2. The number of nitrogens with zero attached hydrogens (tertiary/aromatic N) is 1. The summed E-state index contributed by atoms with van der Waals surface area (Å²) in [6.45, 7) is 22.2. The fourth-order valence-electron chi connectivity index (χ4n) is 13.5. The fraction of sp³-hybridized carbons (Fsp3) is 0.596. The monoisotopic (exact) mass is 980 g/mol. The van der Waals surface area contributed by atoms with Crippen molar-refractivity contribution < 1.29 is 62.1 Å². The standard InChI is InChI=1S/C57H73NO13/c1-31(2)27-39-44(68-48(34-19-23-37(63-12)24-20-34)58(39)52(61)71-53(5,6)7)50(60)66-40-29-57(62)47(69-49(59)35-17-15-14-16-18-35)45-55(10)30-65-41(55)28-42-56(45,11)46(33(4)43(32(40)3)54(57,8)9)70-51(67-42)36-21-25-38(64-13)26-22-36/h14-26,31,33,39-42,44-48,51,62H,27-30H2,1-13H3/t33-,39-,40-,41+,42-,44+,45+,46-,47-,48?,51?,55+,56+,57+/m0/s1. The molecular weight excluding hydrogens is 907 g/mol. The number of amides is 1. The highest BCUT2D eigenvalue weighted by Crippen LogP contribution is 2.70. The Labute approximate surface area is 418 Å². The number of rotatable bonds is 10. The van der Waals surface area contributed by atoms with Gasteiger partial charge in [-0.05, 0) is 82.0 Å². The van der Waals surface area contributed by atoms with Crippen molar-refractivity contribution in [3.05, 3.63) is 107 Å². The molecule has 3 aliphatic heterocycles. The summed E-state index contributed by atoms with van der Waals surface area (Å²) in [6.07, 6.45) is -6.28. The molecule has 6 aliphatic rings. The van der Waals surface area contributed by atoms with E-state index in [1.54, 1.807) is 83.5 Å². The zero-order valence-corrected chi connectivity index (χ0v) is 43.6. The number of carbonyl (C=O) groups excluding carboxylic acids is 3. The quantitative estimate of drug-likeness (QED) is 0.116. The Bertz CT molecular complexity index is 2500. The molecule has 1 N–H and O–H groups in total. The van der Waals surface area contributed by atoms with Crippen LogP contribution >= 0.6 is 0 Å². The highest BCUT2D eigenvalue weighted by molar-refractivity contribution is 5.89. The Morgan fingerprint density at radius 3 is 2.01 bits per heavy atom. The lowest BCUT2D eigenvalue weighted by molar-refractivity contribution is -0.398. The predicted molar refractivity (Wildman–Crippen MR) is 262 cm³/mol. The number of hydrogen-bond donors (Lipinski definition) is 1. The Hall–Kier alpha value is -4.99. The van der Waals surface area contributed by atoms with E-state index in [1.807, 2.05) is 65.0 Å². The number of carbonyl (C=O) groups is 3. The van der Waals surface area contributed by atoms with Gasteiger partial charge in [0.2, 0.25) is 0 Å². The van der Waals surface area contributed by atoms with Crippen molar-refractivity contribution in [1.82, 2.24) is 4.90 Å². The van der Waals surface area contributed by atoms with Gasteiger partial charge >= 0.3 is 18.0 Å². The zero-order chi connectivity index (χ0) is 51.2. The van der Waals surface area contributed by atoms with Crippen LogP contribution in [-0.2, 0) is 38.0 Å². The molecular formula is C57H73NO13. The Morgan fingerprint density at radius 2 is 1.45 bits per heavy atom. The molecule has 9 rings (SSSR count). The first-order chi connectivity index (χ1) is 33.5. The van der Waals surface area contributed by atoms with Gasteiger partial charge in [0.25, 0.3) is 0 Å². The molecule has 3 aliphatic carbocycles. The average Bonchev–Trinajstić information content (AvgIpc) is 3.70. The van der Waals surface area contributed by atoms with Crippen LogP contribution < -0.4 is 9.47 Å². The largest absolute Gasteiger partial charge is 0.497 e. The molecule has 0 spiro atoms. The Balaban J connectivity index is 1.17. The van der Waals surface area contributed by atoms with Gasteiger partial charge in [-0.2, -0.15) is 0 Å². The number of hydrogen-bond acceptors (Lipinski definition) is 13. The summed E-state index contributed by atoms with van der Waals surface area (Å²) in [5.74, 6) is -0.903. The van der Waals surface area contributed by atoms with E-state index in [0.717, 1.165) is 16.7 Å². The smallest absolute Gasteiger partial charge is 0.412 e. The van der Waals surface area contributed by atoms with Crippen LogP contribution in [0.3, 0.4) is 0 Å². The maximum absolute atomic E-state index is 15.3. The lowest BCUT2D eigenvalue weighted by Crippen LogP contribution is -2.79. The number of esters is 2. The van der Waals surface area contributed by atoms with Crippen molar-refractivity contribution in [3.63, 3.8) is 0 Å². The maximum Gasteiger partial charge on any atom is 0.412 e. The van der Waals surface area contributed by atoms with Gasteiger partial charge in [-0.1, -0.05) is 96.5 Å². The summed E-state index contributed by atoms with van der Waals surface area (Å²) in [6, 6.07) is 22.8. The van der Waals surface area contributed by atoms with Crippen molar-refractivity contribution in [2.24, 2.45) is 34.0 Å².